The predicted molar refractivity (Wildman–Crippen MR) is 520 cm³/mol. The quantitative estimate of drug-likeness (QED) is 0.00496. The van der Waals surface area contributed by atoms with Gasteiger partial charge in [-0.15, -0.1) is 33.3 Å². The van der Waals surface area contributed by atoms with Gasteiger partial charge in [-0.25, -0.2) is 67.7 Å². The number of aromatic nitrogens is 19. The zero-order valence-corrected chi connectivity index (χ0v) is 84.6. The molecule has 0 bridgehead atoms. The van der Waals surface area contributed by atoms with E-state index in [9.17, 15) is 38.4 Å². The number of azide groups is 1. The van der Waals surface area contributed by atoms with Crippen molar-refractivity contribution in [3.8, 4) is 12.3 Å². The number of carbonyl (C=O) groups is 8. The van der Waals surface area contributed by atoms with E-state index in [1.165, 1.54) is 97.8 Å². The smallest absolute Gasteiger partial charge is 0.412 e. The van der Waals surface area contributed by atoms with E-state index in [2.05, 4.69) is 181 Å². The number of nitrogens with two attached hydrogens (primary N) is 2. The van der Waals surface area contributed by atoms with Crippen molar-refractivity contribution in [1.29, 1.82) is 0 Å². The van der Waals surface area contributed by atoms with E-state index in [0.29, 0.717) is 91.1 Å². The first-order chi connectivity index (χ1) is 64.6. The first kappa shape index (κ1) is 104. The van der Waals surface area contributed by atoms with Crippen molar-refractivity contribution in [2.45, 2.75) is 258 Å². The molecule has 3 amide bonds. The van der Waals surface area contributed by atoms with Gasteiger partial charge in [-0.1, -0.05) is 20.8 Å². The number of halogens is 4. The van der Waals surface area contributed by atoms with E-state index >= 15 is 0 Å². The van der Waals surface area contributed by atoms with Gasteiger partial charge in [-0.3, -0.25) is 10.1 Å². The lowest BCUT2D eigenvalue weighted by molar-refractivity contribution is -0.147. The van der Waals surface area contributed by atoms with Gasteiger partial charge in [0.15, 0.2) is 45.3 Å². The first-order valence-corrected chi connectivity index (χ1v) is 46.9. The Kier molecular flexibility index (Phi) is 34.4. The number of rotatable bonds is 21. The zero-order valence-electron chi connectivity index (χ0n) is 79.0. The number of hydrogen-bond acceptors (Lipinski definition) is 27. The van der Waals surface area contributed by atoms with Gasteiger partial charge in [0.25, 0.3) is 0 Å². The number of fused-ring (bicyclic) bond motifs is 5. The Morgan fingerprint density at radius 3 is 1.15 bits per heavy atom. The lowest BCUT2D eigenvalue weighted by atomic mass is 10.2. The van der Waals surface area contributed by atoms with Gasteiger partial charge >= 0.3 is 36.1 Å². The number of nitrogen functional groups attached to an aromatic ring is 1. The van der Waals surface area contributed by atoms with Crippen LogP contribution in [0.1, 0.15) is 285 Å². The molecule has 6 N–H and O–H groups in total. The van der Waals surface area contributed by atoms with Crippen LogP contribution in [0.15, 0.2) is 129 Å². The van der Waals surface area contributed by atoms with Crippen molar-refractivity contribution >= 4 is 148 Å². The molecule has 13 heterocycles. The standard InChI is InChI=1S/C23H30N6O4.C18H20BrN5O2.C15H16N6O2.C11H10BrClN2.C11H10BrN5.C7H10O2.C5H11NO2.C3H5NO2/c1-22(2,3)32-20(30)18-13-29(27-26-18)12-16-11-28-10-15(14-7-8-14)9-17(19(28)24-16)25-21(31)33-23(4,5)6;1-18(2,3)26-17(25)15-10-24(22-21-15)9-13-8-23-7-12(11-4-5-11)6-14(19)16(23)20-13;1-23-15(22)13-8-21(19-18-13)7-11-6-20-5-10(9-2-3-9)4-12(16)14(20)17-11;12-10-3-8(7-1-2-7)5-15-6-9(4-13)14-11(10)15;12-10-3-8(7-1-2-7)5-17-6-9(4-14-16-13)15-11(10)17;1-5-6(8)9-7(2,3)4;1-5(2,3)8-4(6)7;5-2-1-4-3-6/h9-11,13-14H,7-8,12H2,1-6H3,(H,25,31);6-8,10-11H,4-5,9H2,1-3H3;4-6,8-9H,2-3,7,16H2,1H3;3,5-7H,1-2,4H2;3,5-7H,1-2,4H2;1H,2-4H3;1-3H3,(H2,6,7);2-3H,1H2,(H,4,6). The molecule has 13 aromatic heterocycles. The van der Waals surface area contributed by atoms with Crippen LogP contribution in [0.3, 0.4) is 0 Å². The molecule has 0 aliphatic heterocycles. The van der Waals surface area contributed by atoms with Crippen molar-refractivity contribution in [3.63, 3.8) is 0 Å². The Morgan fingerprint density at radius 1 is 0.482 bits per heavy atom. The van der Waals surface area contributed by atoms with Crippen LogP contribution in [0.25, 0.3) is 38.7 Å². The molecule has 5 aliphatic rings. The minimum Gasteiger partial charge on any atom is -0.464 e. The number of nitrogens with zero attached hydrogens (tertiary/aromatic N) is 22. The highest BCUT2D eigenvalue weighted by Crippen LogP contribution is 2.45. The van der Waals surface area contributed by atoms with E-state index in [4.69, 9.17) is 54.0 Å². The number of anilines is 2. The number of amides is 3. The topological polar surface area (TPSA) is 495 Å². The third kappa shape index (κ3) is 32.5. The Hall–Kier alpha value is -13.2. The second kappa shape index (κ2) is 45.2. The maximum Gasteiger partial charge on any atom is 0.412 e. The molecule has 0 spiro atoms. The number of methoxy groups -OCH3 is 1. The second-order valence-corrected chi connectivity index (χ2v) is 40.7. The summed E-state index contributed by atoms with van der Waals surface area (Å²) in [6, 6.07) is 10.4. The number of imidazole rings is 5. The molecule has 5 saturated carbocycles. The predicted octanol–water partition coefficient (Wildman–Crippen LogP) is 17.2. The van der Waals surface area contributed by atoms with E-state index in [0.717, 1.165) is 83.1 Å². The molecule has 5 aliphatic carbocycles. The van der Waals surface area contributed by atoms with Gasteiger partial charge < -0.3 is 72.0 Å². The fraction of sp³-hybridized carbons (Fsp3) is 0.452. The van der Waals surface area contributed by atoms with Crippen LogP contribution in [0.5, 0.6) is 0 Å². The third-order valence-corrected chi connectivity index (χ3v) is 21.7. The molecule has 0 radical (unpaired) electrons. The van der Waals surface area contributed by atoms with E-state index in [1.807, 2.05) is 114 Å². The zero-order chi connectivity index (χ0) is 99.8. The number of pyridine rings is 5. The minimum absolute atomic E-state index is 0.115. The highest BCUT2D eigenvalue weighted by Gasteiger charge is 2.32. The summed E-state index contributed by atoms with van der Waals surface area (Å²) in [6.45, 7) is 28.4. The largest absolute Gasteiger partial charge is 0.464 e. The highest BCUT2D eigenvalue weighted by molar-refractivity contribution is 9.11. The fourth-order valence-electron chi connectivity index (χ4n) is 13.3. The molecule has 0 aromatic carbocycles. The van der Waals surface area contributed by atoms with E-state index < -0.39 is 64.1 Å². The maximum atomic E-state index is 12.4. The summed E-state index contributed by atoms with van der Waals surface area (Å²) < 4.78 is 47.6. The number of terminal acetylenes is 1. The van der Waals surface area contributed by atoms with Crippen molar-refractivity contribution in [2.75, 3.05) is 24.7 Å². The molecule has 137 heavy (non-hydrogen) atoms. The summed E-state index contributed by atoms with van der Waals surface area (Å²) in [6.07, 6.45) is 41.9. The Morgan fingerprint density at radius 2 is 0.818 bits per heavy atom. The summed E-state index contributed by atoms with van der Waals surface area (Å²) in [7, 11) is 1.31. The van der Waals surface area contributed by atoms with Gasteiger partial charge in [-0.2, -0.15) is 0 Å². The minimum atomic E-state index is -0.725. The number of primary amides is 1. The van der Waals surface area contributed by atoms with Crippen molar-refractivity contribution in [3.05, 3.63) is 208 Å². The van der Waals surface area contributed by atoms with Gasteiger partial charge in [-0.05, 0) is 309 Å². The van der Waals surface area contributed by atoms with Crippen molar-refractivity contribution in [2.24, 2.45) is 10.8 Å². The van der Waals surface area contributed by atoms with E-state index in [1.54, 1.807) is 77.9 Å². The third-order valence-electron chi connectivity index (χ3n) is 19.7. The van der Waals surface area contributed by atoms with Gasteiger partial charge in [0.2, 0.25) is 6.41 Å². The highest BCUT2D eigenvalue weighted by atomic mass is 79.9. The summed E-state index contributed by atoms with van der Waals surface area (Å²) in [4.78, 5) is 113. The SMILES string of the molecule is C#CC(=O)OC(C)(C)C.CC(C)(C)OC(=O)Nc1cc(C2CC2)cn2cc(Cn3cc(C(=O)OC(C)(C)C)nn3)nc12.CC(C)(C)OC(=O)c1cn(Cc2cn3cc(C4CC4)cc(Br)c3n2)nn1.CC(C)(C)OC(N)=O.COC(=O)c1cn(Cc2cn3cc(C4CC4)cc(N)c3n2)nn1.ClCc1cn2cc(C3CC3)cc(Br)c2n1.O=CCNC=O.[N-]=[N+]=NCc1cn2cc(C3CC3)cc(Br)c2n1. The summed E-state index contributed by atoms with van der Waals surface area (Å²) in [5.41, 5.74) is 32.8. The number of nitrogens with one attached hydrogen (secondary N) is 2. The van der Waals surface area contributed by atoms with Crippen LogP contribution < -0.4 is 22.1 Å². The van der Waals surface area contributed by atoms with Crippen LogP contribution in [0, 0.1) is 12.3 Å². The monoisotopic (exact) mass is 2090 g/mol. The number of carbonyl (C=O) groups excluding carboxylic acids is 8. The number of ether oxygens (including phenoxy) is 6. The molecule has 5 fully saturated rings. The molecule has 0 saturated heterocycles. The van der Waals surface area contributed by atoms with Crippen LogP contribution in [-0.2, 0) is 74.9 Å². The first-order valence-electron chi connectivity index (χ1n) is 44.0. The fourth-order valence-corrected chi connectivity index (χ4v) is 15.1. The Balaban J connectivity index is 0.000000158. The summed E-state index contributed by atoms with van der Waals surface area (Å²) in [5.74, 6) is 3.46. The maximum absolute atomic E-state index is 12.4. The van der Waals surface area contributed by atoms with Crippen LogP contribution in [0.2, 0.25) is 0 Å². The number of hydrogen-bond donors (Lipinski definition) is 4. The van der Waals surface area contributed by atoms with Crippen LogP contribution in [0.4, 0.5) is 21.0 Å². The number of aldehydes is 1. The number of esters is 4. The molecular formula is C93H112Br3ClN26O14. The molecule has 0 unspecified atom stereocenters. The molecule has 13 aromatic rings. The lowest BCUT2D eigenvalue weighted by Gasteiger charge is -2.20. The van der Waals surface area contributed by atoms with Gasteiger partial charge in [0, 0.05) is 72.8 Å². The second-order valence-electron chi connectivity index (χ2n) is 37.9. The molecule has 44 heteroatoms. The van der Waals surface area contributed by atoms with Crippen LogP contribution >= 0.6 is 59.4 Å². The summed E-state index contributed by atoms with van der Waals surface area (Å²) >= 11 is 16.5. The van der Waals surface area contributed by atoms with E-state index in [-0.39, 0.29) is 23.6 Å². The molecule has 726 valence electrons. The van der Waals surface area contributed by atoms with Gasteiger partial charge in [0.05, 0.1) is 118 Å². The number of alkyl halides is 1. The van der Waals surface area contributed by atoms with Crippen molar-refractivity contribution in [1.82, 2.24) is 97.2 Å². The average molecular weight is 2090 g/mol. The van der Waals surface area contributed by atoms with Crippen LogP contribution in [-0.4, -0.2) is 182 Å². The normalized spacial score (nSPS) is 13.9. The van der Waals surface area contributed by atoms with Crippen molar-refractivity contribution < 1.29 is 66.8 Å². The Labute approximate surface area is 820 Å². The average Bonchev–Trinajstić information content (AvgIpc) is 1.64. The molecule has 0 atom stereocenters. The molecule has 18 rings (SSSR count). The molecular weight excluding hydrogens is 1980 g/mol. The lowest BCUT2D eigenvalue weighted by Crippen LogP contribution is -2.27. The van der Waals surface area contributed by atoms with Gasteiger partial charge in [0.1, 0.15) is 34.3 Å². The Bertz CT molecular complexity index is 6610. The molecule has 40 nitrogen and oxygen atoms in total. The summed E-state index contributed by atoms with van der Waals surface area (Å²) in [5, 5.41) is 32.1.